The molecule has 3 unspecified atom stereocenters. The molecule has 2 N–H and O–H groups in total. The maximum absolute atomic E-state index is 6.48. The van der Waals surface area contributed by atoms with Crippen LogP contribution in [0.15, 0.2) is 0 Å². The van der Waals surface area contributed by atoms with Gasteiger partial charge in [0.05, 0.1) is 0 Å². The van der Waals surface area contributed by atoms with Crippen LogP contribution in [0.2, 0.25) is 0 Å². The van der Waals surface area contributed by atoms with E-state index in [4.69, 9.17) is 5.73 Å². The maximum Gasteiger partial charge on any atom is 0.00465 e. The molecule has 4 bridgehead atoms. The lowest BCUT2D eigenvalue weighted by atomic mass is 9.39. The van der Waals surface area contributed by atoms with Gasteiger partial charge in [0.2, 0.25) is 0 Å². The summed E-state index contributed by atoms with van der Waals surface area (Å²) in [5.41, 5.74) is 8.38. The minimum Gasteiger partial charge on any atom is -0.328 e. The Kier molecular flexibility index (Phi) is 3.10. The van der Waals surface area contributed by atoms with Crippen molar-refractivity contribution >= 4 is 0 Å². The SMILES string of the molecule is CC(C)CC(N)CC12CC3CC(C)(CC(C)(C3)C1)C2. The van der Waals surface area contributed by atoms with Crippen LogP contribution in [0.4, 0.5) is 0 Å². The van der Waals surface area contributed by atoms with E-state index in [9.17, 15) is 0 Å². The largest absolute Gasteiger partial charge is 0.328 e. The molecule has 4 aliphatic rings. The van der Waals surface area contributed by atoms with Crippen molar-refractivity contribution in [3.05, 3.63) is 0 Å². The average molecular weight is 263 g/mol. The normalized spacial score (nSPS) is 49.9. The van der Waals surface area contributed by atoms with E-state index in [-0.39, 0.29) is 0 Å². The molecule has 110 valence electrons. The highest BCUT2D eigenvalue weighted by molar-refractivity contribution is 5.10. The van der Waals surface area contributed by atoms with Crippen LogP contribution in [0.3, 0.4) is 0 Å². The zero-order chi connectivity index (χ0) is 13.9. The van der Waals surface area contributed by atoms with E-state index in [2.05, 4.69) is 27.7 Å². The van der Waals surface area contributed by atoms with Crippen molar-refractivity contribution in [1.29, 1.82) is 0 Å². The molecule has 1 nitrogen and oxygen atoms in total. The Balaban J connectivity index is 1.77. The molecule has 0 aromatic rings. The molecule has 0 spiro atoms. The van der Waals surface area contributed by atoms with Gasteiger partial charge in [-0.25, -0.2) is 0 Å². The highest BCUT2D eigenvalue weighted by Gasteiger charge is 2.59. The number of rotatable bonds is 4. The molecule has 0 saturated heterocycles. The maximum atomic E-state index is 6.48. The Bertz CT molecular complexity index is 341. The third kappa shape index (κ3) is 2.60. The van der Waals surface area contributed by atoms with Crippen LogP contribution in [0, 0.1) is 28.1 Å². The Morgan fingerprint density at radius 2 is 1.58 bits per heavy atom. The quantitative estimate of drug-likeness (QED) is 0.778. The first-order chi connectivity index (χ1) is 8.72. The summed E-state index contributed by atoms with van der Waals surface area (Å²) in [4.78, 5) is 0. The van der Waals surface area contributed by atoms with E-state index in [0.717, 1.165) is 11.8 Å². The molecule has 0 heterocycles. The van der Waals surface area contributed by atoms with Gasteiger partial charge in [-0.05, 0) is 79.4 Å². The molecule has 0 aromatic heterocycles. The van der Waals surface area contributed by atoms with Crippen molar-refractivity contribution in [2.75, 3.05) is 0 Å². The van der Waals surface area contributed by atoms with Crippen LogP contribution in [-0.2, 0) is 0 Å². The van der Waals surface area contributed by atoms with Gasteiger partial charge >= 0.3 is 0 Å². The molecule has 4 rings (SSSR count). The highest BCUT2D eigenvalue weighted by Crippen LogP contribution is 2.70. The second-order valence-corrected chi connectivity index (χ2v) is 9.72. The molecular formula is C18H33N. The molecule has 0 amide bonds. The number of hydrogen-bond donors (Lipinski definition) is 1. The molecule has 0 aliphatic heterocycles. The summed E-state index contributed by atoms with van der Waals surface area (Å²) in [7, 11) is 0. The van der Waals surface area contributed by atoms with E-state index < -0.39 is 0 Å². The fourth-order valence-corrected chi connectivity index (χ4v) is 7.16. The standard InChI is InChI=1S/C18H33N/c1-13(2)5-15(19)9-18-8-14-6-16(3,11-18)10-17(4,7-14)12-18/h13-15H,5-12,19H2,1-4H3. The third-order valence-electron chi connectivity index (χ3n) is 6.21. The van der Waals surface area contributed by atoms with Gasteiger partial charge in [0, 0.05) is 6.04 Å². The van der Waals surface area contributed by atoms with Gasteiger partial charge in [0.1, 0.15) is 0 Å². The van der Waals surface area contributed by atoms with Crippen LogP contribution in [-0.4, -0.2) is 6.04 Å². The average Bonchev–Trinajstić information content (AvgIpc) is 2.06. The summed E-state index contributed by atoms with van der Waals surface area (Å²) >= 11 is 0. The molecule has 0 radical (unpaired) electrons. The molecule has 19 heavy (non-hydrogen) atoms. The summed E-state index contributed by atoms with van der Waals surface area (Å²) < 4.78 is 0. The lowest BCUT2D eigenvalue weighted by Gasteiger charge is -2.66. The van der Waals surface area contributed by atoms with Gasteiger partial charge in [-0.15, -0.1) is 0 Å². The fraction of sp³-hybridized carbons (Fsp3) is 1.00. The van der Waals surface area contributed by atoms with Gasteiger partial charge < -0.3 is 5.73 Å². The Labute approximate surface area is 119 Å². The predicted octanol–water partition coefficient (Wildman–Crippen LogP) is 4.75. The van der Waals surface area contributed by atoms with E-state index in [1.807, 2.05) is 0 Å². The van der Waals surface area contributed by atoms with Gasteiger partial charge in [-0.1, -0.05) is 27.7 Å². The lowest BCUT2D eigenvalue weighted by Crippen LogP contribution is -2.56. The van der Waals surface area contributed by atoms with Gasteiger partial charge in [-0.3, -0.25) is 0 Å². The second kappa shape index (κ2) is 4.23. The van der Waals surface area contributed by atoms with Gasteiger partial charge in [0.15, 0.2) is 0 Å². The molecule has 4 aliphatic carbocycles. The minimum absolute atomic E-state index is 0.434. The second-order valence-electron chi connectivity index (χ2n) is 9.72. The third-order valence-corrected chi connectivity index (χ3v) is 6.21. The van der Waals surface area contributed by atoms with Crippen molar-refractivity contribution in [2.45, 2.75) is 85.1 Å². The number of nitrogens with two attached hydrogens (primary N) is 1. The first kappa shape index (κ1) is 13.9. The van der Waals surface area contributed by atoms with E-state index >= 15 is 0 Å². The van der Waals surface area contributed by atoms with Crippen molar-refractivity contribution in [3.8, 4) is 0 Å². The first-order valence-electron chi connectivity index (χ1n) is 8.47. The summed E-state index contributed by atoms with van der Waals surface area (Å²) in [6.45, 7) is 9.75. The molecule has 4 fully saturated rings. The Morgan fingerprint density at radius 3 is 2.05 bits per heavy atom. The van der Waals surface area contributed by atoms with Crippen LogP contribution < -0.4 is 5.73 Å². The van der Waals surface area contributed by atoms with Crippen LogP contribution in [0.25, 0.3) is 0 Å². The van der Waals surface area contributed by atoms with Crippen molar-refractivity contribution < 1.29 is 0 Å². The molecule has 3 atom stereocenters. The summed E-state index contributed by atoms with van der Waals surface area (Å²) in [5.74, 6) is 1.76. The zero-order valence-corrected chi connectivity index (χ0v) is 13.5. The molecule has 1 heteroatoms. The summed E-state index contributed by atoms with van der Waals surface area (Å²) in [5, 5.41) is 0. The van der Waals surface area contributed by atoms with Crippen molar-refractivity contribution in [1.82, 2.24) is 0 Å². The van der Waals surface area contributed by atoms with Crippen LogP contribution in [0.5, 0.6) is 0 Å². The van der Waals surface area contributed by atoms with E-state index in [1.165, 1.54) is 51.4 Å². The molecule has 0 aromatic carbocycles. The Hall–Kier alpha value is -0.0400. The number of hydrogen-bond acceptors (Lipinski definition) is 1. The first-order valence-corrected chi connectivity index (χ1v) is 8.47. The zero-order valence-electron chi connectivity index (χ0n) is 13.5. The Morgan fingerprint density at radius 1 is 1.00 bits per heavy atom. The molecular weight excluding hydrogens is 230 g/mol. The van der Waals surface area contributed by atoms with E-state index in [1.54, 1.807) is 0 Å². The fourth-order valence-electron chi connectivity index (χ4n) is 7.16. The predicted molar refractivity (Wildman–Crippen MR) is 81.9 cm³/mol. The van der Waals surface area contributed by atoms with E-state index in [0.29, 0.717) is 22.3 Å². The van der Waals surface area contributed by atoms with Crippen LogP contribution >= 0.6 is 0 Å². The highest BCUT2D eigenvalue weighted by atomic mass is 14.7. The smallest absolute Gasteiger partial charge is 0.00465 e. The minimum atomic E-state index is 0.434. The summed E-state index contributed by atoms with van der Waals surface area (Å²) in [6.07, 6.45) is 11.4. The monoisotopic (exact) mass is 263 g/mol. The van der Waals surface area contributed by atoms with Gasteiger partial charge in [-0.2, -0.15) is 0 Å². The topological polar surface area (TPSA) is 26.0 Å². The molecule has 4 saturated carbocycles. The van der Waals surface area contributed by atoms with Crippen LogP contribution in [0.1, 0.15) is 79.1 Å². The lowest BCUT2D eigenvalue weighted by molar-refractivity contribution is -0.149. The van der Waals surface area contributed by atoms with Gasteiger partial charge in [0.25, 0.3) is 0 Å². The van der Waals surface area contributed by atoms with Crippen molar-refractivity contribution in [2.24, 2.45) is 33.8 Å². The van der Waals surface area contributed by atoms with Crippen molar-refractivity contribution in [3.63, 3.8) is 0 Å². The summed E-state index contributed by atoms with van der Waals surface area (Å²) in [6, 6.07) is 0.434.